The van der Waals surface area contributed by atoms with E-state index in [-0.39, 0.29) is 36.3 Å². The molecule has 0 saturated carbocycles. The molecule has 4 rings (SSSR count). The summed E-state index contributed by atoms with van der Waals surface area (Å²) in [4.78, 5) is 29.0. The second-order valence-corrected chi connectivity index (χ2v) is 12.6. The van der Waals surface area contributed by atoms with Crippen molar-refractivity contribution < 1.29 is 27.9 Å². The van der Waals surface area contributed by atoms with Gasteiger partial charge in [-0.1, -0.05) is 43.7 Å². The number of ketones is 1. The van der Waals surface area contributed by atoms with Gasteiger partial charge in [0.15, 0.2) is 5.78 Å². The summed E-state index contributed by atoms with van der Waals surface area (Å²) in [7, 11) is -3.84. The van der Waals surface area contributed by atoms with Gasteiger partial charge in [0, 0.05) is 19.4 Å². The van der Waals surface area contributed by atoms with Gasteiger partial charge in [0.25, 0.3) is 0 Å². The zero-order chi connectivity index (χ0) is 27.6. The van der Waals surface area contributed by atoms with E-state index in [0.717, 1.165) is 17.5 Å². The number of sulfonamides is 1. The summed E-state index contributed by atoms with van der Waals surface area (Å²) in [5.74, 6) is -1.30. The predicted molar refractivity (Wildman–Crippen MR) is 145 cm³/mol. The number of thiazole rings is 1. The second-order valence-electron chi connectivity index (χ2n) is 9.63. The second kappa shape index (κ2) is 11.3. The molecule has 10 heteroatoms. The monoisotopic (exact) mass is 556 g/mol. The van der Waals surface area contributed by atoms with Crippen molar-refractivity contribution in [1.82, 2.24) is 9.29 Å². The fraction of sp³-hybridized carbons (Fsp3) is 0.393. The lowest BCUT2D eigenvalue weighted by atomic mass is 9.93. The number of nitrogens with zero attached hydrogens (tertiary/aromatic N) is 2. The Morgan fingerprint density at radius 2 is 1.95 bits per heavy atom. The van der Waals surface area contributed by atoms with Crippen LogP contribution in [0.3, 0.4) is 0 Å². The Hall–Kier alpha value is -3.08. The fourth-order valence-corrected chi connectivity index (χ4v) is 7.41. The maximum Gasteiger partial charge on any atom is 0.304 e. The number of rotatable bonds is 9. The Morgan fingerprint density at radius 1 is 1.21 bits per heavy atom. The molecular formula is C28H32N2O6S2. The van der Waals surface area contributed by atoms with Gasteiger partial charge in [-0.3, -0.25) is 9.59 Å². The van der Waals surface area contributed by atoms with Gasteiger partial charge < -0.3 is 9.84 Å². The number of benzene rings is 2. The van der Waals surface area contributed by atoms with E-state index in [4.69, 9.17) is 4.74 Å². The van der Waals surface area contributed by atoms with Crippen LogP contribution in [0.4, 0.5) is 0 Å². The third-order valence-electron chi connectivity index (χ3n) is 6.71. The molecule has 0 amide bonds. The van der Waals surface area contributed by atoms with E-state index in [1.54, 1.807) is 31.2 Å². The van der Waals surface area contributed by atoms with Crippen LogP contribution < -0.4 is 4.74 Å². The third-order valence-corrected chi connectivity index (χ3v) is 9.93. The number of ether oxygens (including phenoxy) is 1. The van der Waals surface area contributed by atoms with Gasteiger partial charge in [-0.05, 0) is 49.1 Å². The Bertz CT molecular complexity index is 1460. The first kappa shape index (κ1) is 27.9. The Morgan fingerprint density at radius 3 is 2.61 bits per heavy atom. The van der Waals surface area contributed by atoms with Crippen LogP contribution in [0, 0.1) is 13.8 Å². The minimum Gasteiger partial charge on any atom is -0.488 e. The van der Waals surface area contributed by atoms with Crippen molar-refractivity contribution in [1.29, 1.82) is 0 Å². The Balaban J connectivity index is 1.74. The number of aromatic nitrogens is 1. The van der Waals surface area contributed by atoms with Crippen LogP contribution in [0.25, 0.3) is 0 Å². The lowest BCUT2D eigenvalue weighted by molar-refractivity contribution is -0.137. The van der Waals surface area contributed by atoms with Crippen molar-refractivity contribution in [3.05, 3.63) is 74.7 Å². The molecule has 0 spiro atoms. The average molecular weight is 557 g/mol. The summed E-state index contributed by atoms with van der Waals surface area (Å²) in [5, 5.41) is 10.2. The largest absolute Gasteiger partial charge is 0.488 e. The number of Topliss-reactive ketones (excluding diaryl/α,β-unsaturated/α-hetero) is 1. The number of fused-ring (bicyclic) bond motifs is 1. The highest BCUT2D eigenvalue weighted by Gasteiger charge is 2.35. The standard InChI is InChI=1S/C28H32N2O6S2/c1-5-8-22-16-30(38(34,35)25-10-7-6-9-24(25)36-22)15-21-13-20(12-11-17(21)2)23(14-26(32)33)28-29-18(3)27(37-28)19(4)31/h6-7,9-13,22-23H,5,8,14-16H2,1-4H3,(H,32,33)/t22-,23?/m1/s1. The number of para-hydroxylation sites is 1. The van der Waals surface area contributed by atoms with Gasteiger partial charge in [-0.15, -0.1) is 11.3 Å². The maximum absolute atomic E-state index is 13.7. The smallest absolute Gasteiger partial charge is 0.304 e. The van der Waals surface area contributed by atoms with E-state index in [2.05, 4.69) is 4.98 Å². The third kappa shape index (κ3) is 5.82. The molecule has 2 atom stereocenters. The molecule has 1 aromatic heterocycles. The van der Waals surface area contributed by atoms with Crippen LogP contribution in [0.2, 0.25) is 0 Å². The van der Waals surface area contributed by atoms with Gasteiger partial charge in [0.05, 0.1) is 23.5 Å². The number of hydrogen-bond donors (Lipinski definition) is 1. The summed E-state index contributed by atoms with van der Waals surface area (Å²) in [6, 6.07) is 12.3. The first-order chi connectivity index (χ1) is 18.0. The molecule has 0 radical (unpaired) electrons. The van der Waals surface area contributed by atoms with Crippen molar-refractivity contribution in [3.63, 3.8) is 0 Å². The molecule has 8 nitrogen and oxygen atoms in total. The van der Waals surface area contributed by atoms with E-state index in [1.807, 2.05) is 32.0 Å². The number of hydrogen-bond acceptors (Lipinski definition) is 7. The van der Waals surface area contributed by atoms with E-state index >= 15 is 0 Å². The van der Waals surface area contributed by atoms with Crippen LogP contribution in [0.1, 0.15) is 76.1 Å². The van der Waals surface area contributed by atoms with Gasteiger partial charge >= 0.3 is 5.97 Å². The minimum atomic E-state index is -3.84. The molecule has 1 aliphatic rings. The van der Waals surface area contributed by atoms with Crippen LogP contribution >= 0.6 is 11.3 Å². The van der Waals surface area contributed by atoms with E-state index < -0.39 is 21.9 Å². The topological polar surface area (TPSA) is 114 Å². The molecule has 1 aliphatic heterocycles. The molecule has 0 aliphatic carbocycles. The zero-order valence-corrected chi connectivity index (χ0v) is 23.6. The summed E-state index contributed by atoms with van der Waals surface area (Å²) in [6.07, 6.45) is 1.07. The molecule has 2 aromatic carbocycles. The first-order valence-electron chi connectivity index (χ1n) is 12.6. The summed E-state index contributed by atoms with van der Waals surface area (Å²) in [5.41, 5.74) is 2.96. The molecule has 1 N–H and O–H groups in total. The fourth-order valence-electron chi connectivity index (χ4n) is 4.75. The van der Waals surface area contributed by atoms with Gasteiger partial charge in [0.2, 0.25) is 10.0 Å². The number of carboxylic acids is 1. The zero-order valence-electron chi connectivity index (χ0n) is 21.9. The highest BCUT2D eigenvalue weighted by Crippen LogP contribution is 2.36. The summed E-state index contributed by atoms with van der Waals surface area (Å²) < 4.78 is 35.0. The Kier molecular flexibility index (Phi) is 8.34. The summed E-state index contributed by atoms with van der Waals surface area (Å²) >= 11 is 1.21. The van der Waals surface area contributed by atoms with E-state index in [0.29, 0.717) is 33.3 Å². The van der Waals surface area contributed by atoms with E-state index in [9.17, 15) is 23.1 Å². The highest BCUT2D eigenvalue weighted by atomic mass is 32.2. The molecular weight excluding hydrogens is 524 g/mol. The van der Waals surface area contributed by atoms with Gasteiger partial charge in [-0.25, -0.2) is 13.4 Å². The van der Waals surface area contributed by atoms with Crippen LogP contribution in [0.15, 0.2) is 47.4 Å². The number of carbonyl (C=O) groups is 2. The lowest BCUT2D eigenvalue weighted by Gasteiger charge is -2.24. The average Bonchev–Trinajstić information content (AvgIpc) is 3.21. The van der Waals surface area contributed by atoms with Gasteiger partial charge in [-0.2, -0.15) is 4.31 Å². The molecule has 1 unspecified atom stereocenters. The predicted octanol–water partition coefficient (Wildman–Crippen LogP) is 5.32. The molecule has 0 bridgehead atoms. The van der Waals surface area contributed by atoms with Crippen molar-refractivity contribution in [2.45, 2.75) is 70.4 Å². The Labute approximate surface area is 227 Å². The van der Waals surface area contributed by atoms with Crippen LogP contribution in [-0.4, -0.2) is 47.2 Å². The number of carboxylic acid groups (broad SMARTS) is 1. The molecule has 0 saturated heterocycles. The molecule has 3 aromatic rings. The number of aliphatic carboxylic acids is 1. The maximum atomic E-state index is 13.7. The van der Waals surface area contributed by atoms with Crippen molar-refractivity contribution in [2.24, 2.45) is 0 Å². The normalized spacial score (nSPS) is 17.7. The number of aryl methyl sites for hydroxylation is 2. The number of carbonyl (C=O) groups excluding carboxylic acids is 1. The minimum absolute atomic E-state index is 0.111. The van der Waals surface area contributed by atoms with E-state index in [1.165, 1.54) is 22.6 Å². The highest BCUT2D eigenvalue weighted by molar-refractivity contribution is 7.89. The molecule has 2 heterocycles. The van der Waals surface area contributed by atoms with Crippen molar-refractivity contribution in [2.75, 3.05) is 6.54 Å². The molecule has 38 heavy (non-hydrogen) atoms. The quantitative estimate of drug-likeness (QED) is 0.355. The summed E-state index contributed by atoms with van der Waals surface area (Å²) in [6.45, 7) is 7.48. The van der Waals surface area contributed by atoms with Crippen LogP contribution in [0.5, 0.6) is 5.75 Å². The van der Waals surface area contributed by atoms with Crippen molar-refractivity contribution in [3.8, 4) is 5.75 Å². The van der Waals surface area contributed by atoms with Crippen molar-refractivity contribution >= 4 is 33.1 Å². The van der Waals surface area contributed by atoms with Crippen LogP contribution in [-0.2, 0) is 21.4 Å². The molecule has 202 valence electrons. The molecule has 0 fully saturated rings. The van der Waals surface area contributed by atoms with Gasteiger partial charge in [0.1, 0.15) is 21.8 Å². The lowest BCUT2D eigenvalue weighted by Crippen LogP contribution is -2.36. The SMILES string of the molecule is CCC[C@@H]1CN(Cc2cc(C(CC(=O)O)c3nc(C)c(C(C)=O)s3)ccc2C)S(=O)(=O)c2ccccc2O1. The first-order valence-corrected chi connectivity index (χ1v) is 14.8.